The fraction of sp³-hybridized carbons (Fsp3) is 0.294. The van der Waals surface area contributed by atoms with Gasteiger partial charge < -0.3 is 5.32 Å². The molecule has 21 heavy (non-hydrogen) atoms. The van der Waals surface area contributed by atoms with Crippen molar-refractivity contribution in [2.24, 2.45) is 0 Å². The van der Waals surface area contributed by atoms with Crippen LogP contribution in [0.25, 0.3) is 0 Å². The van der Waals surface area contributed by atoms with Gasteiger partial charge in [0, 0.05) is 21.2 Å². The van der Waals surface area contributed by atoms with Crippen LogP contribution in [0, 0.1) is 15.2 Å². The van der Waals surface area contributed by atoms with Gasteiger partial charge in [0.1, 0.15) is 11.6 Å². The lowest BCUT2D eigenvalue weighted by atomic mass is 9.98. The van der Waals surface area contributed by atoms with E-state index in [-0.39, 0.29) is 6.04 Å². The SMILES string of the molecule is CCCNC(Cc1ccc(I)cc1)c1ccc(F)cc1F. The van der Waals surface area contributed by atoms with E-state index in [0.29, 0.717) is 12.0 Å². The lowest BCUT2D eigenvalue weighted by Gasteiger charge is -2.20. The summed E-state index contributed by atoms with van der Waals surface area (Å²) in [6, 6.07) is 11.8. The lowest BCUT2D eigenvalue weighted by Crippen LogP contribution is -2.25. The third kappa shape index (κ3) is 4.74. The van der Waals surface area contributed by atoms with Gasteiger partial charge >= 0.3 is 0 Å². The summed E-state index contributed by atoms with van der Waals surface area (Å²) >= 11 is 2.26. The largest absolute Gasteiger partial charge is 0.310 e. The number of rotatable bonds is 6. The van der Waals surface area contributed by atoms with E-state index in [2.05, 4.69) is 34.8 Å². The van der Waals surface area contributed by atoms with Gasteiger partial charge in [-0.15, -0.1) is 0 Å². The molecule has 4 heteroatoms. The summed E-state index contributed by atoms with van der Waals surface area (Å²) in [5, 5.41) is 3.34. The van der Waals surface area contributed by atoms with Crippen LogP contribution in [0.3, 0.4) is 0 Å². The molecule has 2 aromatic rings. The summed E-state index contributed by atoms with van der Waals surface area (Å²) in [5.41, 5.74) is 1.65. The summed E-state index contributed by atoms with van der Waals surface area (Å²) < 4.78 is 28.3. The van der Waals surface area contributed by atoms with E-state index in [1.807, 2.05) is 24.3 Å². The summed E-state index contributed by atoms with van der Waals surface area (Å²) in [4.78, 5) is 0. The summed E-state index contributed by atoms with van der Waals surface area (Å²) in [5.74, 6) is -1.03. The van der Waals surface area contributed by atoms with Crippen molar-refractivity contribution in [3.8, 4) is 0 Å². The molecular weight excluding hydrogens is 383 g/mol. The van der Waals surface area contributed by atoms with Crippen molar-refractivity contribution in [1.82, 2.24) is 5.32 Å². The van der Waals surface area contributed by atoms with Crippen LogP contribution in [0.4, 0.5) is 8.78 Å². The van der Waals surface area contributed by atoms with Crippen molar-refractivity contribution in [3.63, 3.8) is 0 Å². The molecule has 112 valence electrons. The van der Waals surface area contributed by atoms with Crippen LogP contribution in [0.15, 0.2) is 42.5 Å². The van der Waals surface area contributed by atoms with E-state index in [0.717, 1.165) is 24.6 Å². The van der Waals surface area contributed by atoms with Crippen molar-refractivity contribution in [3.05, 3.63) is 68.8 Å². The Balaban J connectivity index is 2.22. The number of halogens is 3. The molecule has 1 nitrogen and oxygen atoms in total. The molecule has 0 amide bonds. The van der Waals surface area contributed by atoms with Gasteiger partial charge in [0.25, 0.3) is 0 Å². The fourth-order valence-corrected chi connectivity index (χ4v) is 2.61. The van der Waals surface area contributed by atoms with Crippen LogP contribution in [-0.4, -0.2) is 6.54 Å². The van der Waals surface area contributed by atoms with Gasteiger partial charge in [-0.05, 0) is 65.7 Å². The monoisotopic (exact) mass is 401 g/mol. The van der Waals surface area contributed by atoms with Crippen LogP contribution in [0.5, 0.6) is 0 Å². The summed E-state index contributed by atoms with van der Waals surface area (Å²) in [6.07, 6.45) is 1.64. The van der Waals surface area contributed by atoms with E-state index >= 15 is 0 Å². The van der Waals surface area contributed by atoms with Gasteiger partial charge in [-0.3, -0.25) is 0 Å². The Labute approximate surface area is 137 Å². The standard InChI is InChI=1S/C17H18F2IN/c1-2-9-21-17(10-12-3-6-14(20)7-4-12)15-8-5-13(18)11-16(15)19/h3-8,11,17,21H,2,9-10H2,1H3. The number of hydrogen-bond donors (Lipinski definition) is 1. The average Bonchev–Trinajstić information content (AvgIpc) is 2.46. The van der Waals surface area contributed by atoms with Crippen molar-refractivity contribution < 1.29 is 8.78 Å². The smallest absolute Gasteiger partial charge is 0.130 e. The minimum absolute atomic E-state index is 0.148. The Morgan fingerprint density at radius 1 is 1.10 bits per heavy atom. The molecule has 0 radical (unpaired) electrons. The highest BCUT2D eigenvalue weighted by Gasteiger charge is 2.16. The number of nitrogens with one attached hydrogen (secondary N) is 1. The Hall–Kier alpha value is -1.01. The quantitative estimate of drug-likeness (QED) is 0.683. The minimum atomic E-state index is -0.542. The molecule has 0 saturated carbocycles. The molecule has 0 aliphatic heterocycles. The van der Waals surface area contributed by atoms with E-state index in [9.17, 15) is 8.78 Å². The molecular formula is C17H18F2IN. The molecule has 1 unspecified atom stereocenters. The van der Waals surface area contributed by atoms with Crippen LogP contribution in [0.1, 0.15) is 30.5 Å². The molecule has 0 aliphatic rings. The van der Waals surface area contributed by atoms with Gasteiger partial charge in [-0.25, -0.2) is 8.78 Å². The van der Waals surface area contributed by atoms with E-state index in [1.54, 1.807) is 0 Å². The highest BCUT2D eigenvalue weighted by atomic mass is 127. The van der Waals surface area contributed by atoms with Gasteiger partial charge in [-0.1, -0.05) is 25.1 Å². The predicted molar refractivity (Wildman–Crippen MR) is 90.3 cm³/mol. The van der Waals surface area contributed by atoms with Crippen molar-refractivity contribution in [2.45, 2.75) is 25.8 Å². The molecule has 1 N–H and O–H groups in total. The predicted octanol–water partition coefficient (Wildman–Crippen LogP) is 4.85. The Morgan fingerprint density at radius 2 is 1.81 bits per heavy atom. The molecule has 2 aromatic carbocycles. The molecule has 0 aromatic heterocycles. The second kappa shape index (κ2) is 7.84. The van der Waals surface area contributed by atoms with Crippen LogP contribution < -0.4 is 5.32 Å². The topological polar surface area (TPSA) is 12.0 Å². The highest BCUT2D eigenvalue weighted by Crippen LogP contribution is 2.22. The maximum Gasteiger partial charge on any atom is 0.130 e. The molecule has 1 atom stereocenters. The Morgan fingerprint density at radius 3 is 2.43 bits per heavy atom. The molecule has 0 heterocycles. The zero-order valence-electron chi connectivity index (χ0n) is 11.9. The van der Waals surface area contributed by atoms with Gasteiger partial charge in [0.05, 0.1) is 0 Å². The van der Waals surface area contributed by atoms with Crippen molar-refractivity contribution >= 4 is 22.6 Å². The van der Waals surface area contributed by atoms with Crippen LogP contribution in [-0.2, 0) is 6.42 Å². The average molecular weight is 401 g/mol. The third-order valence-electron chi connectivity index (χ3n) is 3.33. The fourth-order valence-electron chi connectivity index (χ4n) is 2.25. The van der Waals surface area contributed by atoms with Crippen LogP contribution >= 0.6 is 22.6 Å². The van der Waals surface area contributed by atoms with E-state index in [4.69, 9.17) is 0 Å². The lowest BCUT2D eigenvalue weighted by molar-refractivity contribution is 0.491. The highest BCUT2D eigenvalue weighted by molar-refractivity contribution is 14.1. The molecule has 0 aliphatic carbocycles. The van der Waals surface area contributed by atoms with E-state index < -0.39 is 11.6 Å². The Kier molecular flexibility index (Phi) is 6.11. The molecule has 0 spiro atoms. The van der Waals surface area contributed by atoms with Crippen molar-refractivity contribution in [1.29, 1.82) is 0 Å². The maximum atomic E-state index is 14.0. The summed E-state index contributed by atoms with van der Waals surface area (Å²) in [7, 11) is 0. The maximum absolute atomic E-state index is 14.0. The first kappa shape index (κ1) is 16.4. The number of hydrogen-bond acceptors (Lipinski definition) is 1. The van der Waals surface area contributed by atoms with Gasteiger partial charge in [0.2, 0.25) is 0 Å². The number of benzene rings is 2. The minimum Gasteiger partial charge on any atom is -0.310 e. The zero-order chi connectivity index (χ0) is 15.2. The molecule has 0 saturated heterocycles. The second-order valence-electron chi connectivity index (χ2n) is 5.00. The molecule has 0 fully saturated rings. The van der Waals surface area contributed by atoms with Crippen LogP contribution in [0.2, 0.25) is 0 Å². The van der Waals surface area contributed by atoms with Crippen molar-refractivity contribution in [2.75, 3.05) is 6.54 Å². The second-order valence-corrected chi connectivity index (χ2v) is 6.25. The normalized spacial score (nSPS) is 12.4. The first-order chi connectivity index (χ1) is 10.1. The summed E-state index contributed by atoms with van der Waals surface area (Å²) in [6.45, 7) is 2.86. The first-order valence-electron chi connectivity index (χ1n) is 7.03. The zero-order valence-corrected chi connectivity index (χ0v) is 14.0. The van der Waals surface area contributed by atoms with E-state index in [1.165, 1.54) is 15.7 Å². The molecule has 0 bridgehead atoms. The Bertz CT molecular complexity index is 584. The molecule has 2 rings (SSSR count). The first-order valence-corrected chi connectivity index (χ1v) is 8.10. The van der Waals surface area contributed by atoms with Gasteiger partial charge in [0.15, 0.2) is 0 Å². The third-order valence-corrected chi connectivity index (χ3v) is 4.05. The van der Waals surface area contributed by atoms with Gasteiger partial charge in [-0.2, -0.15) is 0 Å².